The molecule has 0 aliphatic rings. The fourth-order valence-corrected chi connectivity index (χ4v) is 2.01. The zero-order chi connectivity index (χ0) is 14.4. The summed E-state index contributed by atoms with van der Waals surface area (Å²) in [6.07, 6.45) is 8.49. The van der Waals surface area contributed by atoms with Gasteiger partial charge in [0.1, 0.15) is 11.4 Å². The van der Waals surface area contributed by atoms with Crippen molar-refractivity contribution in [1.29, 1.82) is 0 Å². The maximum absolute atomic E-state index is 5.14. The highest BCUT2D eigenvalue weighted by atomic mass is 16.5. The van der Waals surface area contributed by atoms with Gasteiger partial charge >= 0.3 is 0 Å². The van der Waals surface area contributed by atoms with Crippen molar-refractivity contribution in [3.63, 3.8) is 0 Å². The highest BCUT2D eigenvalue weighted by Gasteiger charge is 2.02. The highest BCUT2D eigenvalue weighted by molar-refractivity contribution is 5.44. The molecule has 1 heterocycles. The quantitative estimate of drug-likeness (QED) is 0.803. The molecule has 0 fully saturated rings. The summed E-state index contributed by atoms with van der Waals surface area (Å²) < 4.78 is 6.91. The molecule has 0 saturated carbocycles. The molecule has 0 aliphatic carbocycles. The van der Waals surface area contributed by atoms with Crippen molar-refractivity contribution in [2.45, 2.75) is 26.7 Å². The Balaban J connectivity index is 2.11. The van der Waals surface area contributed by atoms with E-state index in [-0.39, 0.29) is 0 Å². The Bertz CT molecular complexity index is 553. The van der Waals surface area contributed by atoms with Crippen LogP contribution in [0.25, 0.3) is 11.8 Å². The van der Waals surface area contributed by atoms with E-state index in [0.717, 1.165) is 30.0 Å². The summed E-state index contributed by atoms with van der Waals surface area (Å²) in [6, 6.07) is 7.75. The average molecular weight is 271 g/mol. The van der Waals surface area contributed by atoms with Gasteiger partial charge in [-0.25, -0.2) is 4.68 Å². The lowest BCUT2D eigenvalue weighted by Gasteiger charge is -2.03. The second kappa shape index (κ2) is 6.89. The number of hydrogen-bond acceptors (Lipinski definition) is 3. The number of allylic oxidation sites excluding steroid dienone is 1. The number of methoxy groups -OCH3 is 1. The van der Waals surface area contributed by atoms with Gasteiger partial charge < -0.3 is 4.74 Å². The number of nitrogens with zero attached hydrogens (tertiary/aromatic N) is 3. The van der Waals surface area contributed by atoms with Crippen LogP contribution in [-0.2, 0) is 0 Å². The smallest absolute Gasteiger partial charge is 0.119 e. The molecule has 1 aromatic heterocycles. The van der Waals surface area contributed by atoms with Crippen LogP contribution < -0.4 is 4.74 Å². The summed E-state index contributed by atoms with van der Waals surface area (Å²) in [5, 5.41) is 8.32. The molecule has 2 rings (SSSR count). The third kappa shape index (κ3) is 3.47. The van der Waals surface area contributed by atoms with Gasteiger partial charge in [0.05, 0.1) is 19.0 Å². The van der Waals surface area contributed by atoms with Gasteiger partial charge in [-0.05, 0) is 49.1 Å². The van der Waals surface area contributed by atoms with E-state index in [1.165, 1.54) is 0 Å². The van der Waals surface area contributed by atoms with E-state index < -0.39 is 0 Å². The van der Waals surface area contributed by atoms with Crippen LogP contribution in [0.5, 0.6) is 5.75 Å². The number of benzene rings is 1. The van der Waals surface area contributed by atoms with Crippen molar-refractivity contribution >= 4 is 6.08 Å². The van der Waals surface area contributed by atoms with Gasteiger partial charge in [-0.2, -0.15) is 0 Å². The molecule has 0 unspecified atom stereocenters. The Morgan fingerprint density at radius 2 is 1.90 bits per heavy atom. The second-order valence-electron chi connectivity index (χ2n) is 4.72. The lowest BCUT2D eigenvalue weighted by atomic mass is 10.0. The van der Waals surface area contributed by atoms with Crippen LogP contribution in [-0.4, -0.2) is 22.1 Å². The van der Waals surface area contributed by atoms with Crippen LogP contribution >= 0.6 is 0 Å². The fraction of sp³-hybridized carbons (Fsp3) is 0.375. The van der Waals surface area contributed by atoms with Crippen molar-refractivity contribution in [2.24, 2.45) is 5.92 Å². The summed E-state index contributed by atoms with van der Waals surface area (Å²) in [5.74, 6) is 1.45. The van der Waals surface area contributed by atoms with Crippen LogP contribution in [0.15, 0.2) is 36.5 Å². The van der Waals surface area contributed by atoms with E-state index in [2.05, 4.69) is 30.2 Å². The summed E-state index contributed by atoms with van der Waals surface area (Å²) >= 11 is 0. The summed E-state index contributed by atoms with van der Waals surface area (Å²) in [7, 11) is 1.66. The molecule has 0 amide bonds. The summed E-state index contributed by atoms with van der Waals surface area (Å²) in [5.41, 5.74) is 1.85. The van der Waals surface area contributed by atoms with Crippen LogP contribution in [0.2, 0.25) is 0 Å². The minimum Gasteiger partial charge on any atom is -0.497 e. The third-order valence-electron chi connectivity index (χ3n) is 3.44. The fourth-order valence-electron chi connectivity index (χ4n) is 2.01. The third-order valence-corrected chi connectivity index (χ3v) is 3.44. The molecule has 0 radical (unpaired) electrons. The normalized spacial score (nSPS) is 11.4. The first-order chi connectivity index (χ1) is 9.76. The lowest BCUT2D eigenvalue weighted by molar-refractivity contribution is 0.414. The molecule has 0 N–H and O–H groups in total. The van der Waals surface area contributed by atoms with Crippen molar-refractivity contribution in [1.82, 2.24) is 15.0 Å². The summed E-state index contributed by atoms with van der Waals surface area (Å²) in [4.78, 5) is 0. The van der Waals surface area contributed by atoms with Crippen LogP contribution in [0.4, 0.5) is 0 Å². The van der Waals surface area contributed by atoms with E-state index in [0.29, 0.717) is 5.92 Å². The lowest BCUT2D eigenvalue weighted by Crippen LogP contribution is -1.94. The van der Waals surface area contributed by atoms with Gasteiger partial charge in [-0.3, -0.25) is 0 Å². The second-order valence-corrected chi connectivity index (χ2v) is 4.72. The van der Waals surface area contributed by atoms with Crippen LogP contribution in [0.3, 0.4) is 0 Å². The maximum Gasteiger partial charge on any atom is 0.119 e. The van der Waals surface area contributed by atoms with E-state index >= 15 is 0 Å². The van der Waals surface area contributed by atoms with Gasteiger partial charge in [-0.1, -0.05) is 25.1 Å². The van der Waals surface area contributed by atoms with Gasteiger partial charge in [-0.15, -0.1) is 5.10 Å². The molecule has 4 nitrogen and oxygen atoms in total. The Kier molecular flexibility index (Phi) is 4.93. The van der Waals surface area contributed by atoms with Crippen LogP contribution in [0.1, 0.15) is 32.4 Å². The Morgan fingerprint density at radius 3 is 2.50 bits per heavy atom. The average Bonchev–Trinajstić information content (AvgIpc) is 2.97. The molecule has 20 heavy (non-hydrogen) atoms. The Labute approximate surface area is 120 Å². The minimum atomic E-state index is 0.612. The van der Waals surface area contributed by atoms with Crippen molar-refractivity contribution < 1.29 is 4.74 Å². The van der Waals surface area contributed by atoms with E-state index in [1.807, 2.05) is 36.5 Å². The predicted octanol–water partition coefficient (Wildman–Crippen LogP) is 3.73. The van der Waals surface area contributed by atoms with Gasteiger partial charge in [0.25, 0.3) is 0 Å². The Morgan fingerprint density at radius 1 is 1.20 bits per heavy atom. The van der Waals surface area contributed by atoms with E-state index in [4.69, 9.17) is 4.74 Å². The zero-order valence-electron chi connectivity index (χ0n) is 12.3. The van der Waals surface area contributed by atoms with E-state index in [9.17, 15) is 0 Å². The zero-order valence-corrected chi connectivity index (χ0v) is 12.3. The molecule has 106 valence electrons. The molecular formula is C16H21N3O. The van der Waals surface area contributed by atoms with Crippen molar-refractivity contribution in [2.75, 3.05) is 7.11 Å². The molecule has 0 spiro atoms. The first kappa shape index (κ1) is 14.3. The standard InChI is InChI=1S/C16H21N3O/c1-4-13(5-2)6-7-14-12-19(18-17-14)15-8-10-16(20-3)11-9-15/h6-13H,4-5H2,1-3H3/b7-6+. The predicted molar refractivity (Wildman–Crippen MR) is 81.0 cm³/mol. The van der Waals surface area contributed by atoms with Crippen LogP contribution in [0, 0.1) is 5.92 Å². The molecule has 1 aromatic carbocycles. The topological polar surface area (TPSA) is 39.9 Å². The number of hydrogen-bond donors (Lipinski definition) is 0. The first-order valence-electron chi connectivity index (χ1n) is 7.01. The van der Waals surface area contributed by atoms with E-state index in [1.54, 1.807) is 11.8 Å². The molecule has 2 aromatic rings. The summed E-state index contributed by atoms with van der Waals surface area (Å²) in [6.45, 7) is 4.40. The van der Waals surface area contributed by atoms with Gasteiger partial charge in [0, 0.05) is 0 Å². The van der Waals surface area contributed by atoms with Gasteiger partial charge in [0.2, 0.25) is 0 Å². The van der Waals surface area contributed by atoms with Crippen molar-refractivity contribution in [3.8, 4) is 11.4 Å². The molecule has 0 atom stereocenters. The minimum absolute atomic E-state index is 0.612. The molecule has 0 aliphatic heterocycles. The number of aromatic nitrogens is 3. The first-order valence-corrected chi connectivity index (χ1v) is 7.01. The highest BCUT2D eigenvalue weighted by Crippen LogP contribution is 2.15. The molecule has 0 bridgehead atoms. The Hall–Kier alpha value is -2.10. The largest absolute Gasteiger partial charge is 0.497 e. The van der Waals surface area contributed by atoms with Gasteiger partial charge in [0.15, 0.2) is 0 Å². The molecular weight excluding hydrogens is 250 g/mol. The van der Waals surface area contributed by atoms with Crippen molar-refractivity contribution in [3.05, 3.63) is 42.2 Å². The molecule has 0 saturated heterocycles. The maximum atomic E-state index is 5.14. The SMILES string of the molecule is CCC(/C=C/c1cn(-c2ccc(OC)cc2)nn1)CC. The monoisotopic (exact) mass is 271 g/mol. The number of rotatable bonds is 6. The molecule has 4 heteroatoms. The number of ether oxygens (including phenoxy) is 1.